The lowest BCUT2D eigenvalue weighted by Gasteiger charge is -2.18. The lowest BCUT2D eigenvalue weighted by Crippen LogP contribution is -2.30. The number of nitrogens with zero attached hydrogens (tertiary/aromatic N) is 4. The van der Waals surface area contributed by atoms with E-state index in [2.05, 4.69) is 25.9 Å². The third kappa shape index (κ3) is 4.44. The van der Waals surface area contributed by atoms with Crippen LogP contribution in [-0.2, 0) is 10.0 Å². The van der Waals surface area contributed by atoms with Crippen LogP contribution in [0.5, 0.6) is 0 Å². The summed E-state index contributed by atoms with van der Waals surface area (Å²) in [6, 6.07) is 10.7. The molecular weight excluding hydrogens is 416 g/mol. The molecule has 1 aromatic heterocycles. The highest BCUT2D eigenvalue weighted by Gasteiger charge is 2.22. The van der Waals surface area contributed by atoms with Gasteiger partial charge in [0.05, 0.1) is 10.6 Å². The van der Waals surface area contributed by atoms with Crippen LogP contribution < -0.4 is 5.32 Å². The van der Waals surface area contributed by atoms with Crippen LogP contribution in [0.4, 0.5) is 5.69 Å². The van der Waals surface area contributed by atoms with Crippen molar-refractivity contribution in [3.05, 3.63) is 53.1 Å². The summed E-state index contributed by atoms with van der Waals surface area (Å²) in [6.07, 6.45) is 0. The van der Waals surface area contributed by atoms with Gasteiger partial charge in [-0.25, -0.2) is 8.42 Å². The molecule has 0 aliphatic carbocycles. The van der Waals surface area contributed by atoms with Crippen LogP contribution >= 0.6 is 11.6 Å². The summed E-state index contributed by atoms with van der Waals surface area (Å²) < 4.78 is 26.5. The predicted molar refractivity (Wildman–Crippen MR) is 109 cm³/mol. The zero-order valence-electron chi connectivity index (χ0n) is 15.8. The molecule has 152 valence electrons. The third-order valence-electron chi connectivity index (χ3n) is 4.28. The van der Waals surface area contributed by atoms with E-state index >= 15 is 0 Å². The highest BCUT2D eigenvalue weighted by Crippen LogP contribution is 2.28. The van der Waals surface area contributed by atoms with Crippen molar-refractivity contribution in [2.24, 2.45) is 0 Å². The lowest BCUT2D eigenvalue weighted by atomic mass is 10.1. The van der Waals surface area contributed by atoms with Crippen molar-refractivity contribution >= 4 is 33.2 Å². The maximum atomic E-state index is 12.7. The fourth-order valence-corrected chi connectivity index (χ4v) is 4.41. The van der Waals surface area contributed by atoms with Gasteiger partial charge in [-0.2, -0.15) is 9.52 Å². The molecule has 2 aromatic carbocycles. The molecule has 0 bridgehead atoms. The van der Waals surface area contributed by atoms with Crippen molar-refractivity contribution < 1.29 is 13.2 Å². The first-order valence-electron chi connectivity index (χ1n) is 8.81. The number of amides is 1. The molecule has 2 N–H and O–H groups in total. The number of hydrogen-bond donors (Lipinski definition) is 2. The number of rotatable bonds is 7. The quantitative estimate of drug-likeness (QED) is 0.589. The first kappa shape index (κ1) is 20.9. The number of nitrogens with one attached hydrogen (secondary N) is 2. The number of H-pyrrole nitrogens is 1. The first-order chi connectivity index (χ1) is 13.9. The van der Waals surface area contributed by atoms with E-state index < -0.39 is 15.9 Å². The average molecular weight is 435 g/mol. The van der Waals surface area contributed by atoms with Crippen molar-refractivity contribution in [2.45, 2.75) is 18.7 Å². The van der Waals surface area contributed by atoms with Crippen molar-refractivity contribution in [3.8, 4) is 11.4 Å². The zero-order chi connectivity index (χ0) is 21.0. The van der Waals surface area contributed by atoms with Crippen LogP contribution in [0.3, 0.4) is 0 Å². The minimum absolute atomic E-state index is 0.132. The molecule has 0 aliphatic rings. The summed E-state index contributed by atoms with van der Waals surface area (Å²) in [5, 5.41) is 16.9. The van der Waals surface area contributed by atoms with Crippen molar-refractivity contribution in [1.29, 1.82) is 0 Å². The molecule has 0 spiro atoms. The van der Waals surface area contributed by atoms with Gasteiger partial charge in [-0.1, -0.05) is 25.4 Å². The standard InChI is InChI=1S/C18H19ClN6O3S/c1-3-25(4-2)29(27,28)14-8-5-12(6-9-14)18(26)20-16-11-13(19)7-10-15(16)17-21-23-24-22-17/h5-11H,3-4H2,1-2H3,(H,20,26)(H,21,22,23,24). The van der Waals surface area contributed by atoms with E-state index in [1.807, 2.05) is 0 Å². The van der Waals surface area contributed by atoms with Gasteiger partial charge >= 0.3 is 0 Å². The van der Waals surface area contributed by atoms with E-state index in [-0.39, 0.29) is 4.90 Å². The molecule has 1 heterocycles. The molecule has 0 saturated heterocycles. The van der Waals surface area contributed by atoms with Crippen molar-refractivity contribution in [2.75, 3.05) is 18.4 Å². The van der Waals surface area contributed by atoms with Gasteiger partial charge in [0.25, 0.3) is 5.91 Å². The Morgan fingerprint density at radius 2 is 1.83 bits per heavy atom. The van der Waals surface area contributed by atoms with E-state index in [4.69, 9.17) is 11.6 Å². The summed E-state index contributed by atoms with van der Waals surface area (Å²) in [4.78, 5) is 12.8. The van der Waals surface area contributed by atoms with Gasteiger partial charge in [-0.15, -0.1) is 10.2 Å². The first-order valence-corrected chi connectivity index (χ1v) is 10.6. The van der Waals surface area contributed by atoms with Gasteiger partial charge in [0.2, 0.25) is 15.8 Å². The number of carbonyl (C=O) groups is 1. The molecule has 3 aromatic rings. The number of aromatic amines is 1. The van der Waals surface area contributed by atoms with Crippen molar-refractivity contribution in [1.82, 2.24) is 24.9 Å². The van der Waals surface area contributed by atoms with E-state index in [9.17, 15) is 13.2 Å². The molecular formula is C18H19ClN6O3S. The van der Waals surface area contributed by atoms with E-state index in [1.165, 1.54) is 28.6 Å². The summed E-state index contributed by atoms with van der Waals surface area (Å²) in [7, 11) is -3.59. The van der Waals surface area contributed by atoms with Crippen LogP contribution in [0.1, 0.15) is 24.2 Å². The summed E-state index contributed by atoms with van der Waals surface area (Å²) in [5.74, 6) is -0.124. The molecule has 11 heteroatoms. The fourth-order valence-electron chi connectivity index (χ4n) is 2.78. The maximum Gasteiger partial charge on any atom is 0.255 e. The summed E-state index contributed by atoms with van der Waals surface area (Å²) in [6.45, 7) is 4.29. The number of hydrogen-bond acceptors (Lipinski definition) is 6. The Kier molecular flexibility index (Phi) is 6.26. The van der Waals surface area contributed by atoms with E-state index in [0.29, 0.717) is 40.8 Å². The molecule has 0 unspecified atom stereocenters. The molecule has 1 amide bonds. The average Bonchev–Trinajstić information content (AvgIpc) is 3.23. The summed E-state index contributed by atoms with van der Waals surface area (Å²) >= 11 is 6.05. The Hall–Kier alpha value is -2.82. The fraction of sp³-hybridized carbons (Fsp3) is 0.222. The van der Waals surface area contributed by atoms with Crippen LogP contribution in [0, 0.1) is 0 Å². The smallest absolute Gasteiger partial charge is 0.255 e. The highest BCUT2D eigenvalue weighted by atomic mass is 35.5. The number of carbonyl (C=O) groups excluding carboxylic acids is 1. The van der Waals surface area contributed by atoms with E-state index in [1.54, 1.807) is 32.0 Å². The largest absolute Gasteiger partial charge is 0.321 e. The van der Waals surface area contributed by atoms with Crippen LogP contribution in [-0.4, -0.2) is 52.3 Å². The Morgan fingerprint density at radius 1 is 1.14 bits per heavy atom. The van der Waals surface area contributed by atoms with Gasteiger partial charge in [0.1, 0.15) is 0 Å². The Labute approximate surface area is 173 Å². The second-order valence-corrected chi connectivity index (χ2v) is 8.37. The SMILES string of the molecule is CCN(CC)S(=O)(=O)c1ccc(C(=O)Nc2cc(Cl)ccc2-c2nn[nH]n2)cc1. The normalized spacial score (nSPS) is 11.6. The van der Waals surface area contributed by atoms with Gasteiger partial charge in [0, 0.05) is 29.2 Å². The molecule has 0 fully saturated rings. The summed E-state index contributed by atoms with van der Waals surface area (Å²) in [5.41, 5.74) is 1.24. The molecule has 0 radical (unpaired) electrons. The second kappa shape index (κ2) is 8.68. The number of halogens is 1. The minimum atomic E-state index is -3.59. The second-order valence-electron chi connectivity index (χ2n) is 5.99. The van der Waals surface area contributed by atoms with Crippen LogP contribution in [0.2, 0.25) is 5.02 Å². The van der Waals surface area contributed by atoms with Gasteiger partial charge < -0.3 is 5.32 Å². The third-order valence-corrected chi connectivity index (χ3v) is 6.57. The lowest BCUT2D eigenvalue weighted by molar-refractivity contribution is 0.102. The van der Waals surface area contributed by atoms with Crippen molar-refractivity contribution in [3.63, 3.8) is 0 Å². The monoisotopic (exact) mass is 434 g/mol. The molecule has 9 nitrogen and oxygen atoms in total. The topological polar surface area (TPSA) is 121 Å². The predicted octanol–water partition coefficient (Wildman–Crippen LogP) is 2.80. The molecule has 0 saturated carbocycles. The highest BCUT2D eigenvalue weighted by molar-refractivity contribution is 7.89. The van der Waals surface area contributed by atoms with Gasteiger partial charge in [-0.05, 0) is 47.7 Å². The minimum Gasteiger partial charge on any atom is -0.321 e. The Morgan fingerprint density at radius 3 is 2.41 bits per heavy atom. The number of benzene rings is 2. The number of aromatic nitrogens is 4. The Balaban J connectivity index is 1.85. The van der Waals surface area contributed by atoms with Gasteiger partial charge in [-0.3, -0.25) is 4.79 Å². The van der Waals surface area contributed by atoms with Gasteiger partial charge in [0.15, 0.2) is 0 Å². The molecule has 0 atom stereocenters. The number of sulfonamides is 1. The molecule has 0 aliphatic heterocycles. The Bertz CT molecular complexity index is 1100. The molecule has 29 heavy (non-hydrogen) atoms. The van der Waals surface area contributed by atoms with Crippen LogP contribution in [0.15, 0.2) is 47.4 Å². The maximum absolute atomic E-state index is 12.7. The number of tetrazole rings is 1. The van der Waals surface area contributed by atoms with E-state index in [0.717, 1.165) is 0 Å². The van der Waals surface area contributed by atoms with Crippen LogP contribution in [0.25, 0.3) is 11.4 Å². The number of anilines is 1. The zero-order valence-corrected chi connectivity index (χ0v) is 17.3. The molecule has 3 rings (SSSR count).